The third kappa shape index (κ3) is 5.59. The van der Waals surface area contributed by atoms with Gasteiger partial charge in [0.2, 0.25) is 0 Å². The van der Waals surface area contributed by atoms with Crippen molar-refractivity contribution in [2.75, 3.05) is 13.7 Å². The molecule has 6 rings (SSSR count). The average Bonchev–Trinajstić information content (AvgIpc) is 3.63. The standard InChI is InChI=1S/C34H28FNO6/c1-38-33(37)16-23-20-40-32-17-25(7-9-26(23)32)41-31-13-10-27-30(14-11-28(35)34(27)31)42-29-12-8-24(15-22(29)18-36)39-19-21-5-3-2-4-6-21/h2-9,11-12,14-15,17,23,31H,10,13,16,19-20H2,1H3. The van der Waals surface area contributed by atoms with E-state index in [1.54, 1.807) is 30.3 Å². The molecule has 0 radical (unpaired) electrons. The molecule has 212 valence electrons. The molecule has 1 aliphatic carbocycles. The van der Waals surface area contributed by atoms with E-state index >= 15 is 4.39 Å². The second-order valence-electron chi connectivity index (χ2n) is 10.2. The summed E-state index contributed by atoms with van der Waals surface area (Å²) in [6.07, 6.45) is 0.839. The zero-order valence-electron chi connectivity index (χ0n) is 23.0. The van der Waals surface area contributed by atoms with Crippen LogP contribution in [0.2, 0.25) is 0 Å². The quantitative estimate of drug-likeness (QED) is 0.199. The van der Waals surface area contributed by atoms with Crippen molar-refractivity contribution in [1.82, 2.24) is 0 Å². The van der Waals surface area contributed by atoms with Gasteiger partial charge in [-0.15, -0.1) is 0 Å². The van der Waals surface area contributed by atoms with Crippen molar-refractivity contribution in [3.05, 3.63) is 112 Å². The van der Waals surface area contributed by atoms with Gasteiger partial charge in [-0.25, -0.2) is 4.39 Å². The molecular weight excluding hydrogens is 537 g/mol. The Bertz CT molecular complexity index is 1670. The molecule has 8 heteroatoms. The van der Waals surface area contributed by atoms with Gasteiger partial charge in [-0.2, -0.15) is 5.26 Å². The molecule has 2 aliphatic rings. The zero-order valence-corrected chi connectivity index (χ0v) is 23.0. The molecule has 7 nitrogen and oxygen atoms in total. The van der Waals surface area contributed by atoms with Crippen LogP contribution in [0, 0.1) is 17.1 Å². The zero-order chi connectivity index (χ0) is 29.1. The van der Waals surface area contributed by atoms with Gasteiger partial charge in [0.25, 0.3) is 0 Å². The van der Waals surface area contributed by atoms with Crippen LogP contribution in [0.25, 0.3) is 0 Å². The topological polar surface area (TPSA) is 87.0 Å². The molecule has 4 aromatic rings. The molecule has 0 fully saturated rings. The molecule has 0 saturated carbocycles. The van der Waals surface area contributed by atoms with Crippen LogP contribution >= 0.6 is 0 Å². The first-order chi connectivity index (χ1) is 20.5. The highest BCUT2D eigenvalue weighted by molar-refractivity contribution is 5.71. The normalized spacial score (nSPS) is 16.5. The SMILES string of the molecule is COC(=O)CC1COc2cc(OC3CCc4c(Oc5ccc(OCc6ccccc6)cc5C#N)ccc(F)c43)ccc21. The minimum Gasteiger partial charge on any atom is -0.492 e. The summed E-state index contributed by atoms with van der Waals surface area (Å²) >= 11 is 0. The Hall–Kier alpha value is -5.03. The third-order valence-corrected chi connectivity index (χ3v) is 7.56. The monoisotopic (exact) mass is 565 g/mol. The molecule has 42 heavy (non-hydrogen) atoms. The number of fused-ring (bicyclic) bond motifs is 2. The predicted molar refractivity (Wildman–Crippen MR) is 151 cm³/mol. The smallest absolute Gasteiger partial charge is 0.306 e. The molecular formula is C34H28FNO6. The van der Waals surface area contributed by atoms with E-state index in [-0.39, 0.29) is 24.1 Å². The van der Waals surface area contributed by atoms with Crippen molar-refractivity contribution in [2.45, 2.75) is 37.9 Å². The number of carbonyl (C=O) groups excluding carboxylic acids is 1. The van der Waals surface area contributed by atoms with E-state index in [0.717, 1.165) is 11.1 Å². The molecule has 2 unspecified atom stereocenters. The molecule has 0 spiro atoms. The van der Waals surface area contributed by atoms with Crippen LogP contribution in [-0.2, 0) is 22.6 Å². The molecule has 0 saturated heterocycles. The summed E-state index contributed by atoms with van der Waals surface area (Å²) in [7, 11) is 1.37. The summed E-state index contributed by atoms with van der Waals surface area (Å²) in [4.78, 5) is 11.7. The summed E-state index contributed by atoms with van der Waals surface area (Å²) in [5.74, 6) is 1.85. The van der Waals surface area contributed by atoms with Crippen LogP contribution in [-0.4, -0.2) is 19.7 Å². The summed E-state index contributed by atoms with van der Waals surface area (Å²) in [6.45, 7) is 0.767. The number of rotatable bonds is 9. The molecule has 2 atom stereocenters. The Kier molecular flexibility index (Phi) is 7.65. The fourth-order valence-corrected chi connectivity index (χ4v) is 5.44. The number of methoxy groups -OCH3 is 1. The Labute approximate surface area is 243 Å². The van der Waals surface area contributed by atoms with Crippen LogP contribution in [0.5, 0.6) is 28.7 Å². The molecule has 4 aromatic carbocycles. The van der Waals surface area contributed by atoms with Gasteiger partial charge in [0.05, 0.1) is 25.7 Å². The van der Waals surface area contributed by atoms with Gasteiger partial charge in [-0.05, 0) is 48.7 Å². The summed E-state index contributed by atoms with van der Waals surface area (Å²) in [6, 6.07) is 25.4. The minimum atomic E-state index is -0.516. The highest BCUT2D eigenvalue weighted by atomic mass is 19.1. The van der Waals surface area contributed by atoms with E-state index in [1.807, 2.05) is 42.5 Å². The van der Waals surface area contributed by atoms with Crippen LogP contribution in [0.3, 0.4) is 0 Å². The molecule has 0 N–H and O–H groups in total. The van der Waals surface area contributed by atoms with Gasteiger partial charge in [0.1, 0.15) is 53.3 Å². The highest BCUT2D eigenvalue weighted by Crippen LogP contribution is 2.45. The first-order valence-electron chi connectivity index (χ1n) is 13.7. The van der Waals surface area contributed by atoms with E-state index in [9.17, 15) is 10.1 Å². The number of benzene rings is 4. The fourth-order valence-electron chi connectivity index (χ4n) is 5.44. The van der Waals surface area contributed by atoms with Crippen molar-refractivity contribution in [2.24, 2.45) is 0 Å². The molecule has 0 aromatic heterocycles. The van der Waals surface area contributed by atoms with Crippen molar-refractivity contribution < 1.29 is 32.9 Å². The van der Waals surface area contributed by atoms with Crippen molar-refractivity contribution >= 4 is 5.97 Å². The van der Waals surface area contributed by atoms with Gasteiger partial charge in [-0.3, -0.25) is 4.79 Å². The maximum atomic E-state index is 15.1. The van der Waals surface area contributed by atoms with E-state index in [2.05, 4.69) is 6.07 Å². The Morgan fingerprint density at radius 3 is 2.64 bits per heavy atom. The number of hydrogen-bond acceptors (Lipinski definition) is 7. The number of ether oxygens (including phenoxy) is 5. The fraction of sp³-hybridized carbons (Fsp3) is 0.235. The lowest BCUT2D eigenvalue weighted by Gasteiger charge is -2.18. The van der Waals surface area contributed by atoms with Crippen LogP contribution in [0.4, 0.5) is 4.39 Å². The largest absolute Gasteiger partial charge is 0.492 e. The third-order valence-electron chi connectivity index (χ3n) is 7.56. The highest BCUT2D eigenvalue weighted by Gasteiger charge is 2.32. The van der Waals surface area contributed by atoms with E-state index in [0.29, 0.717) is 71.5 Å². The summed E-state index contributed by atoms with van der Waals surface area (Å²) in [5.41, 5.74) is 3.41. The van der Waals surface area contributed by atoms with Gasteiger partial charge < -0.3 is 23.7 Å². The number of halogens is 1. The molecule has 0 bridgehead atoms. The molecule has 1 heterocycles. The number of nitriles is 1. The van der Waals surface area contributed by atoms with Gasteiger partial charge in [0.15, 0.2) is 0 Å². The first kappa shape index (κ1) is 27.2. The molecule has 1 aliphatic heterocycles. The summed E-state index contributed by atoms with van der Waals surface area (Å²) in [5, 5.41) is 9.79. The van der Waals surface area contributed by atoms with Crippen LogP contribution in [0.1, 0.15) is 52.7 Å². The lowest BCUT2D eigenvalue weighted by Crippen LogP contribution is -2.09. The van der Waals surface area contributed by atoms with E-state index in [1.165, 1.54) is 13.2 Å². The first-order valence-corrected chi connectivity index (χ1v) is 13.7. The Morgan fingerprint density at radius 1 is 1.02 bits per heavy atom. The number of nitrogens with zero attached hydrogens (tertiary/aromatic N) is 1. The van der Waals surface area contributed by atoms with Crippen LogP contribution < -0.4 is 18.9 Å². The second-order valence-corrected chi connectivity index (χ2v) is 10.2. The predicted octanol–water partition coefficient (Wildman–Crippen LogP) is 7.17. The lowest BCUT2D eigenvalue weighted by atomic mass is 9.98. The summed E-state index contributed by atoms with van der Waals surface area (Å²) < 4.78 is 44.0. The van der Waals surface area contributed by atoms with Crippen molar-refractivity contribution in [3.63, 3.8) is 0 Å². The Balaban J connectivity index is 1.17. The minimum absolute atomic E-state index is 0.0753. The van der Waals surface area contributed by atoms with Crippen molar-refractivity contribution in [1.29, 1.82) is 5.26 Å². The maximum Gasteiger partial charge on any atom is 0.306 e. The average molecular weight is 566 g/mol. The number of carbonyl (C=O) groups is 1. The Morgan fingerprint density at radius 2 is 1.83 bits per heavy atom. The van der Waals surface area contributed by atoms with Crippen LogP contribution in [0.15, 0.2) is 78.9 Å². The van der Waals surface area contributed by atoms with Gasteiger partial charge in [-0.1, -0.05) is 36.4 Å². The second kappa shape index (κ2) is 11.8. The maximum absolute atomic E-state index is 15.1. The van der Waals surface area contributed by atoms with Gasteiger partial charge in [0, 0.05) is 34.7 Å². The van der Waals surface area contributed by atoms with Crippen molar-refractivity contribution in [3.8, 4) is 34.8 Å². The lowest BCUT2D eigenvalue weighted by molar-refractivity contribution is -0.141. The number of hydrogen-bond donors (Lipinski definition) is 0. The van der Waals surface area contributed by atoms with E-state index < -0.39 is 6.10 Å². The van der Waals surface area contributed by atoms with Gasteiger partial charge >= 0.3 is 5.97 Å². The van der Waals surface area contributed by atoms with E-state index in [4.69, 9.17) is 23.7 Å². The number of esters is 1. The molecule has 0 amide bonds.